The van der Waals surface area contributed by atoms with E-state index in [2.05, 4.69) is 63.2 Å². The molecule has 0 aliphatic rings. The second kappa shape index (κ2) is 6.03. The fourth-order valence-corrected chi connectivity index (χ4v) is 2.58. The summed E-state index contributed by atoms with van der Waals surface area (Å²) in [6, 6.07) is 15.1. The van der Waals surface area contributed by atoms with E-state index in [1.54, 1.807) is 0 Å². The summed E-state index contributed by atoms with van der Waals surface area (Å²) in [6.07, 6.45) is 2.29. The van der Waals surface area contributed by atoms with Gasteiger partial charge in [0.25, 0.3) is 0 Å². The summed E-state index contributed by atoms with van der Waals surface area (Å²) in [6.45, 7) is 6.46. The molecule has 0 aromatic heterocycles. The van der Waals surface area contributed by atoms with Crippen LogP contribution in [-0.2, 0) is 6.42 Å². The average molecular weight is 253 g/mol. The molecule has 2 aromatic carbocycles. The highest BCUT2D eigenvalue weighted by Crippen LogP contribution is 2.24. The zero-order valence-corrected chi connectivity index (χ0v) is 12.1. The molecule has 0 bridgehead atoms. The molecule has 0 aliphatic carbocycles. The van der Waals surface area contributed by atoms with Crippen LogP contribution in [0, 0.1) is 13.8 Å². The maximum Gasteiger partial charge on any atom is 0.0554 e. The first-order valence-corrected chi connectivity index (χ1v) is 7.03. The topological polar surface area (TPSA) is 26.0 Å². The Morgan fingerprint density at radius 1 is 1.05 bits per heavy atom. The Balaban J connectivity index is 2.32. The molecule has 19 heavy (non-hydrogen) atoms. The van der Waals surface area contributed by atoms with E-state index in [-0.39, 0.29) is 6.04 Å². The second-order valence-electron chi connectivity index (χ2n) is 5.33. The van der Waals surface area contributed by atoms with Crippen LogP contribution in [0.4, 0.5) is 0 Å². The van der Waals surface area contributed by atoms with Gasteiger partial charge in [0.1, 0.15) is 0 Å². The van der Waals surface area contributed by atoms with Crippen molar-refractivity contribution in [3.05, 3.63) is 70.3 Å². The first-order valence-electron chi connectivity index (χ1n) is 7.03. The van der Waals surface area contributed by atoms with Crippen molar-refractivity contribution in [3.63, 3.8) is 0 Å². The molecule has 1 unspecified atom stereocenters. The average Bonchev–Trinajstić information content (AvgIpc) is 2.39. The SMILES string of the molecule is CCCc1cccc(C(N)c2ccc(C)cc2C)c1. The fraction of sp³-hybridized carbons (Fsp3) is 0.333. The maximum atomic E-state index is 6.43. The fourth-order valence-electron chi connectivity index (χ4n) is 2.58. The van der Waals surface area contributed by atoms with Crippen molar-refractivity contribution in [2.45, 2.75) is 39.7 Å². The molecule has 0 amide bonds. The number of rotatable bonds is 4. The quantitative estimate of drug-likeness (QED) is 0.863. The van der Waals surface area contributed by atoms with Gasteiger partial charge in [0.15, 0.2) is 0 Å². The maximum absolute atomic E-state index is 6.43. The Hall–Kier alpha value is -1.60. The summed E-state index contributed by atoms with van der Waals surface area (Å²) < 4.78 is 0. The molecule has 0 fully saturated rings. The van der Waals surface area contributed by atoms with E-state index in [0.29, 0.717) is 0 Å². The minimum atomic E-state index is -0.0302. The molecule has 2 N–H and O–H groups in total. The van der Waals surface area contributed by atoms with Crippen molar-refractivity contribution in [2.75, 3.05) is 0 Å². The van der Waals surface area contributed by atoms with Crippen LogP contribution in [-0.4, -0.2) is 0 Å². The Labute approximate surface area is 116 Å². The van der Waals surface area contributed by atoms with Gasteiger partial charge in [-0.15, -0.1) is 0 Å². The van der Waals surface area contributed by atoms with Gasteiger partial charge in [-0.05, 0) is 42.5 Å². The molecule has 1 nitrogen and oxygen atoms in total. The van der Waals surface area contributed by atoms with Crippen LogP contribution >= 0.6 is 0 Å². The molecule has 0 aliphatic heterocycles. The molecule has 0 saturated carbocycles. The van der Waals surface area contributed by atoms with Crippen LogP contribution in [0.5, 0.6) is 0 Å². The van der Waals surface area contributed by atoms with E-state index in [1.165, 1.54) is 34.2 Å². The van der Waals surface area contributed by atoms with Gasteiger partial charge in [-0.25, -0.2) is 0 Å². The third kappa shape index (κ3) is 3.24. The van der Waals surface area contributed by atoms with E-state index >= 15 is 0 Å². The van der Waals surface area contributed by atoms with Crippen molar-refractivity contribution in [3.8, 4) is 0 Å². The molecule has 0 saturated heterocycles. The van der Waals surface area contributed by atoms with E-state index < -0.39 is 0 Å². The molecule has 0 heterocycles. The van der Waals surface area contributed by atoms with Gasteiger partial charge in [-0.1, -0.05) is 61.4 Å². The van der Waals surface area contributed by atoms with Gasteiger partial charge in [0.2, 0.25) is 0 Å². The third-order valence-electron chi connectivity index (χ3n) is 3.61. The van der Waals surface area contributed by atoms with Gasteiger partial charge >= 0.3 is 0 Å². The Morgan fingerprint density at radius 3 is 2.53 bits per heavy atom. The summed E-state index contributed by atoms with van der Waals surface area (Å²) in [5, 5.41) is 0. The highest BCUT2D eigenvalue weighted by molar-refractivity contribution is 5.39. The van der Waals surface area contributed by atoms with E-state index in [1.807, 2.05) is 0 Å². The van der Waals surface area contributed by atoms with Gasteiger partial charge in [0.05, 0.1) is 6.04 Å². The smallest absolute Gasteiger partial charge is 0.0554 e. The molecule has 100 valence electrons. The van der Waals surface area contributed by atoms with Gasteiger partial charge in [-0.3, -0.25) is 0 Å². The largest absolute Gasteiger partial charge is 0.320 e. The van der Waals surface area contributed by atoms with Crippen molar-refractivity contribution in [1.82, 2.24) is 0 Å². The monoisotopic (exact) mass is 253 g/mol. The van der Waals surface area contributed by atoms with Gasteiger partial charge < -0.3 is 5.73 Å². The minimum Gasteiger partial charge on any atom is -0.320 e. The number of hydrogen-bond donors (Lipinski definition) is 1. The first kappa shape index (κ1) is 13.8. The number of aryl methyl sites for hydroxylation is 3. The zero-order valence-electron chi connectivity index (χ0n) is 12.1. The molecular weight excluding hydrogens is 230 g/mol. The Morgan fingerprint density at radius 2 is 1.84 bits per heavy atom. The molecule has 0 spiro atoms. The van der Waals surface area contributed by atoms with Gasteiger partial charge in [-0.2, -0.15) is 0 Å². The molecule has 0 radical (unpaired) electrons. The number of nitrogens with two attached hydrogens (primary N) is 1. The van der Waals surface area contributed by atoms with Crippen LogP contribution in [0.2, 0.25) is 0 Å². The highest BCUT2D eigenvalue weighted by Gasteiger charge is 2.11. The Bertz CT molecular complexity index is 557. The lowest BCUT2D eigenvalue weighted by atomic mass is 9.93. The third-order valence-corrected chi connectivity index (χ3v) is 3.61. The lowest BCUT2D eigenvalue weighted by Gasteiger charge is -2.16. The highest BCUT2D eigenvalue weighted by atomic mass is 14.6. The van der Waals surface area contributed by atoms with Crippen LogP contribution in [0.25, 0.3) is 0 Å². The number of hydrogen-bond acceptors (Lipinski definition) is 1. The van der Waals surface area contributed by atoms with Crippen LogP contribution in [0.1, 0.15) is 47.2 Å². The molecule has 2 aromatic rings. The lowest BCUT2D eigenvalue weighted by Crippen LogP contribution is -2.13. The lowest BCUT2D eigenvalue weighted by molar-refractivity contribution is 0.850. The summed E-state index contributed by atoms with van der Waals surface area (Å²) in [5.41, 5.74) is 12.8. The van der Waals surface area contributed by atoms with Crippen LogP contribution in [0.15, 0.2) is 42.5 Å². The molecule has 2 rings (SSSR count). The normalized spacial score (nSPS) is 12.4. The zero-order chi connectivity index (χ0) is 13.8. The van der Waals surface area contributed by atoms with Crippen molar-refractivity contribution in [2.24, 2.45) is 5.73 Å². The standard InChI is InChI=1S/C18H23N/c1-4-6-15-7-5-8-16(12-15)18(19)17-10-9-13(2)11-14(17)3/h5,7-12,18H,4,6,19H2,1-3H3. The van der Waals surface area contributed by atoms with E-state index in [9.17, 15) is 0 Å². The van der Waals surface area contributed by atoms with E-state index in [0.717, 1.165) is 6.42 Å². The van der Waals surface area contributed by atoms with Gasteiger partial charge in [0, 0.05) is 0 Å². The summed E-state index contributed by atoms with van der Waals surface area (Å²) in [4.78, 5) is 0. The second-order valence-corrected chi connectivity index (χ2v) is 5.33. The van der Waals surface area contributed by atoms with E-state index in [4.69, 9.17) is 5.73 Å². The summed E-state index contributed by atoms with van der Waals surface area (Å²) in [5.74, 6) is 0. The molecule has 1 heteroatoms. The first-order chi connectivity index (χ1) is 9.11. The predicted octanol–water partition coefficient (Wildman–Crippen LogP) is 4.30. The van der Waals surface area contributed by atoms with Crippen LogP contribution in [0.3, 0.4) is 0 Å². The minimum absolute atomic E-state index is 0.0302. The Kier molecular flexibility index (Phi) is 4.39. The summed E-state index contributed by atoms with van der Waals surface area (Å²) in [7, 11) is 0. The van der Waals surface area contributed by atoms with Crippen LogP contribution < -0.4 is 5.73 Å². The molecular formula is C18H23N. The van der Waals surface area contributed by atoms with Crippen molar-refractivity contribution in [1.29, 1.82) is 0 Å². The van der Waals surface area contributed by atoms with Crippen molar-refractivity contribution >= 4 is 0 Å². The predicted molar refractivity (Wildman–Crippen MR) is 82.4 cm³/mol. The number of benzene rings is 2. The van der Waals surface area contributed by atoms with Crippen molar-refractivity contribution < 1.29 is 0 Å². The summed E-state index contributed by atoms with van der Waals surface area (Å²) >= 11 is 0. The molecule has 1 atom stereocenters.